The van der Waals surface area contributed by atoms with Crippen LogP contribution in [0, 0.1) is 0 Å². The summed E-state index contributed by atoms with van der Waals surface area (Å²) in [7, 11) is 0. The van der Waals surface area contributed by atoms with E-state index in [0.717, 1.165) is 16.8 Å². The number of nitrogens with two attached hydrogens (primary N) is 1. The van der Waals surface area contributed by atoms with Crippen molar-refractivity contribution in [2.24, 2.45) is 0 Å². The molecule has 1 unspecified atom stereocenters. The lowest BCUT2D eigenvalue weighted by Gasteiger charge is -2.02. The number of hydrogen-bond acceptors (Lipinski definition) is 3. The van der Waals surface area contributed by atoms with Gasteiger partial charge in [-0.15, -0.1) is 0 Å². The SMILES string of the molecule is CC(O)Cn1cc(-c2ccc(N)cc2)cn1. The molecule has 0 aliphatic rings. The minimum absolute atomic E-state index is 0.390. The van der Waals surface area contributed by atoms with Gasteiger partial charge in [0.25, 0.3) is 0 Å². The first-order valence-corrected chi connectivity index (χ1v) is 5.21. The van der Waals surface area contributed by atoms with Crippen LogP contribution in [0.2, 0.25) is 0 Å². The van der Waals surface area contributed by atoms with Gasteiger partial charge < -0.3 is 10.8 Å². The van der Waals surface area contributed by atoms with Crippen LogP contribution < -0.4 is 5.73 Å². The highest BCUT2D eigenvalue weighted by atomic mass is 16.3. The highest BCUT2D eigenvalue weighted by molar-refractivity contribution is 5.63. The lowest BCUT2D eigenvalue weighted by Crippen LogP contribution is -2.11. The molecule has 2 aromatic rings. The normalized spacial score (nSPS) is 12.6. The van der Waals surface area contributed by atoms with Crippen molar-refractivity contribution in [2.45, 2.75) is 19.6 Å². The van der Waals surface area contributed by atoms with E-state index in [1.54, 1.807) is 17.8 Å². The Morgan fingerprint density at radius 1 is 1.31 bits per heavy atom. The highest BCUT2D eigenvalue weighted by Crippen LogP contribution is 2.19. The molecule has 0 fully saturated rings. The average Bonchev–Trinajstić information content (AvgIpc) is 2.66. The van der Waals surface area contributed by atoms with Crippen LogP contribution in [0.3, 0.4) is 0 Å². The number of benzene rings is 1. The number of nitrogen functional groups attached to an aromatic ring is 1. The van der Waals surface area contributed by atoms with E-state index in [4.69, 9.17) is 5.73 Å². The van der Waals surface area contributed by atoms with Crippen LogP contribution in [0.1, 0.15) is 6.92 Å². The molecule has 0 amide bonds. The van der Waals surface area contributed by atoms with Crippen molar-refractivity contribution >= 4 is 5.69 Å². The van der Waals surface area contributed by atoms with Gasteiger partial charge in [-0.3, -0.25) is 4.68 Å². The fraction of sp³-hybridized carbons (Fsp3) is 0.250. The monoisotopic (exact) mass is 217 g/mol. The first-order chi connectivity index (χ1) is 7.65. The maximum atomic E-state index is 9.24. The van der Waals surface area contributed by atoms with E-state index in [1.807, 2.05) is 30.5 Å². The second-order valence-electron chi connectivity index (χ2n) is 3.92. The summed E-state index contributed by atoms with van der Waals surface area (Å²) in [5, 5.41) is 13.4. The lowest BCUT2D eigenvalue weighted by molar-refractivity contribution is 0.168. The summed E-state index contributed by atoms with van der Waals surface area (Å²) >= 11 is 0. The average molecular weight is 217 g/mol. The standard InChI is InChI=1S/C12H15N3O/c1-9(16)7-15-8-11(6-14-15)10-2-4-12(13)5-3-10/h2-6,8-9,16H,7,13H2,1H3. The molecule has 0 spiro atoms. The minimum atomic E-state index is -0.390. The van der Waals surface area contributed by atoms with Gasteiger partial charge in [-0.1, -0.05) is 12.1 Å². The topological polar surface area (TPSA) is 64.1 Å². The van der Waals surface area contributed by atoms with Gasteiger partial charge in [-0.25, -0.2) is 0 Å². The molecule has 1 heterocycles. The molecule has 16 heavy (non-hydrogen) atoms. The Morgan fingerprint density at radius 2 is 2.00 bits per heavy atom. The van der Waals surface area contributed by atoms with Gasteiger partial charge in [0, 0.05) is 17.4 Å². The van der Waals surface area contributed by atoms with E-state index in [1.165, 1.54) is 0 Å². The Bertz CT molecular complexity index is 459. The zero-order valence-corrected chi connectivity index (χ0v) is 9.17. The fourth-order valence-electron chi connectivity index (χ4n) is 1.56. The van der Waals surface area contributed by atoms with Crippen LogP contribution in [-0.2, 0) is 6.54 Å². The van der Waals surface area contributed by atoms with Gasteiger partial charge in [0.2, 0.25) is 0 Å². The number of anilines is 1. The molecule has 4 nitrogen and oxygen atoms in total. The maximum absolute atomic E-state index is 9.24. The third kappa shape index (κ3) is 2.41. The van der Waals surface area contributed by atoms with Crippen molar-refractivity contribution in [3.05, 3.63) is 36.7 Å². The van der Waals surface area contributed by atoms with E-state index in [9.17, 15) is 5.11 Å². The summed E-state index contributed by atoms with van der Waals surface area (Å²) in [5.74, 6) is 0. The van der Waals surface area contributed by atoms with E-state index in [2.05, 4.69) is 5.10 Å². The van der Waals surface area contributed by atoms with Crippen molar-refractivity contribution in [1.29, 1.82) is 0 Å². The van der Waals surface area contributed by atoms with E-state index in [0.29, 0.717) is 6.54 Å². The number of rotatable bonds is 3. The highest BCUT2D eigenvalue weighted by Gasteiger charge is 2.03. The van der Waals surface area contributed by atoms with E-state index < -0.39 is 0 Å². The first-order valence-electron chi connectivity index (χ1n) is 5.21. The van der Waals surface area contributed by atoms with Crippen LogP contribution in [-0.4, -0.2) is 21.0 Å². The van der Waals surface area contributed by atoms with E-state index in [-0.39, 0.29) is 6.10 Å². The fourth-order valence-corrected chi connectivity index (χ4v) is 1.56. The Morgan fingerprint density at radius 3 is 2.62 bits per heavy atom. The lowest BCUT2D eigenvalue weighted by atomic mass is 10.1. The van der Waals surface area contributed by atoms with Gasteiger partial charge in [0.05, 0.1) is 18.8 Å². The number of aromatic nitrogens is 2. The first kappa shape index (κ1) is 10.7. The molecular weight excluding hydrogens is 202 g/mol. The molecule has 0 saturated carbocycles. The molecule has 0 aliphatic carbocycles. The summed E-state index contributed by atoms with van der Waals surface area (Å²) in [6, 6.07) is 7.64. The zero-order chi connectivity index (χ0) is 11.5. The molecule has 1 aromatic heterocycles. The molecule has 1 aromatic carbocycles. The minimum Gasteiger partial charge on any atom is -0.399 e. The number of aliphatic hydroxyl groups excluding tert-OH is 1. The quantitative estimate of drug-likeness (QED) is 0.766. The zero-order valence-electron chi connectivity index (χ0n) is 9.17. The molecule has 0 bridgehead atoms. The molecule has 0 aliphatic heterocycles. The van der Waals surface area contributed by atoms with Crippen molar-refractivity contribution in [3.63, 3.8) is 0 Å². The molecule has 0 radical (unpaired) electrons. The molecule has 4 heteroatoms. The second kappa shape index (κ2) is 4.37. The summed E-state index contributed by atoms with van der Waals surface area (Å²) in [6.07, 6.45) is 3.31. The molecular formula is C12H15N3O. The Labute approximate surface area is 94.3 Å². The van der Waals surface area contributed by atoms with Crippen LogP contribution in [0.4, 0.5) is 5.69 Å². The summed E-state index contributed by atoms with van der Waals surface area (Å²) < 4.78 is 1.73. The van der Waals surface area contributed by atoms with Crippen LogP contribution >= 0.6 is 0 Å². The summed E-state index contributed by atoms with van der Waals surface area (Å²) in [6.45, 7) is 2.25. The predicted octanol–water partition coefficient (Wildman–Crippen LogP) is 1.51. The van der Waals surface area contributed by atoms with Gasteiger partial charge in [-0.2, -0.15) is 5.10 Å². The van der Waals surface area contributed by atoms with Crippen molar-refractivity contribution < 1.29 is 5.11 Å². The van der Waals surface area contributed by atoms with Gasteiger partial charge in [0.1, 0.15) is 0 Å². The summed E-state index contributed by atoms with van der Waals surface area (Å²) in [5.41, 5.74) is 8.48. The van der Waals surface area contributed by atoms with Gasteiger partial charge in [-0.05, 0) is 24.6 Å². The third-order valence-corrected chi connectivity index (χ3v) is 2.33. The van der Waals surface area contributed by atoms with Gasteiger partial charge in [0.15, 0.2) is 0 Å². The second-order valence-corrected chi connectivity index (χ2v) is 3.92. The van der Waals surface area contributed by atoms with Gasteiger partial charge >= 0.3 is 0 Å². The van der Waals surface area contributed by atoms with Crippen LogP contribution in [0.15, 0.2) is 36.7 Å². The Hall–Kier alpha value is -1.81. The van der Waals surface area contributed by atoms with Crippen LogP contribution in [0.5, 0.6) is 0 Å². The van der Waals surface area contributed by atoms with E-state index >= 15 is 0 Å². The Kier molecular flexibility index (Phi) is 2.92. The molecule has 2 rings (SSSR count). The Balaban J connectivity index is 2.21. The van der Waals surface area contributed by atoms with Crippen LogP contribution in [0.25, 0.3) is 11.1 Å². The third-order valence-electron chi connectivity index (χ3n) is 2.33. The van der Waals surface area contributed by atoms with Crippen molar-refractivity contribution in [3.8, 4) is 11.1 Å². The number of aliphatic hydroxyl groups is 1. The smallest absolute Gasteiger partial charge is 0.0708 e. The molecule has 3 N–H and O–H groups in total. The molecule has 0 saturated heterocycles. The van der Waals surface area contributed by atoms with Crippen molar-refractivity contribution in [1.82, 2.24) is 9.78 Å². The number of hydrogen-bond donors (Lipinski definition) is 2. The van der Waals surface area contributed by atoms with Crippen molar-refractivity contribution in [2.75, 3.05) is 5.73 Å². The number of nitrogens with zero attached hydrogens (tertiary/aromatic N) is 2. The largest absolute Gasteiger partial charge is 0.399 e. The maximum Gasteiger partial charge on any atom is 0.0708 e. The summed E-state index contributed by atoms with van der Waals surface area (Å²) in [4.78, 5) is 0. The molecule has 84 valence electrons. The predicted molar refractivity (Wildman–Crippen MR) is 63.8 cm³/mol. The molecule has 1 atom stereocenters.